The van der Waals surface area contributed by atoms with Gasteiger partial charge in [0, 0.05) is 10.6 Å². The molecule has 0 heterocycles. The summed E-state index contributed by atoms with van der Waals surface area (Å²) in [5.74, 6) is -0.906. The number of anilines is 1. The molecule has 132 valence electrons. The number of hydrogen-bond donors (Lipinski definition) is 1. The number of nitriles is 1. The molecule has 2 aromatic carbocycles. The number of benzene rings is 2. The van der Waals surface area contributed by atoms with Crippen molar-refractivity contribution in [2.75, 3.05) is 17.7 Å². The van der Waals surface area contributed by atoms with Gasteiger partial charge in [-0.3, -0.25) is 9.59 Å². The number of nitrogens with zero attached hydrogens (tertiary/aromatic N) is 1. The Bertz CT molecular complexity index is 874. The summed E-state index contributed by atoms with van der Waals surface area (Å²) in [5.41, 5.74) is 1.16. The van der Waals surface area contributed by atoms with Crippen LogP contribution >= 0.6 is 11.8 Å². The van der Waals surface area contributed by atoms with Crippen LogP contribution in [0.3, 0.4) is 0 Å². The van der Waals surface area contributed by atoms with Crippen molar-refractivity contribution in [3.63, 3.8) is 0 Å². The van der Waals surface area contributed by atoms with Crippen LogP contribution in [0.1, 0.15) is 22.8 Å². The summed E-state index contributed by atoms with van der Waals surface area (Å²) in [5, 5.41) is 11.4. The van der Waals surface area contributed by atoms with Crippen LogP contribution in [0.2, 0.25) is 0 Å². The molecule has 0 saturated heterocycles. The van der Waals surface area contributed by atoms with Gasteiger partial charge in [-0.25, -0.2) is 4.79 Å². The number of Topliss-reactive ketones (excluding diaryl/α,β-unsaturated/α-hetero) is 1. The predicted octanol–water partition coefficient (Wildman–Crippen LogP) is 3.03. The highest BCUT2D eigenvalue weighted by molar-refractivity contribution is 8.00. The number of nitrogens with one attached hydrogen (secondary N) is 1. The van der Waals surface area contributed by atoms with Crippen LogP contribution in [-0.2, 0) is 14.3 Å². The van der Waals surface area contributed by atoms with Crippen LogP contribution in [0.4, 0.5) is 5.69 Å². The zero-order chi connectivity index (χ0) is 18.9. The van der Waals surface area contributed by atoms with Gasteiger partial charge in [-0.2, -0.15) is 5.26 Å². The molecule has 0 aliphatic rings. The SMILES string of the molecule is CC(=O)CSc1ccccc1C(=O)OCC(=O)Nc1cccc(C#N)c1. The average Bonchev–Trinajstić information content (AvgIpc) is 2.64. The van der Waals surface area contributed by atoms with Crippen molar-refractivity contribution >= 4 is 35.1 Å². The number of thioether (sulfide) groups is 1. The minimum atomic E-state index is -0.641. The van der Waals surface area contributed by atoms with Crippen molar-refractivity contribution in [3.8, 4) is 6.07 Å². The normalized spacial score (nSPS) is 9.85. The highest BCUT2D eigenvalue weighted by Gasteiger charge is 2.15. The molecule has 7 heteroatoms. The lowest BCUT2D eigenvalue weighted by molar-refractivity contribution is -0.119. The molecular formula is C19H16N2O4S. The van der Waals surface area contributed by atoms with Gasteiger partial charge in [0.05, 0.1) is 22.9 Å². The quantitative estimate of drug-likeness (QED) is 0.596. The van der Waals surface area contributed by atoms with Gasteiger partial charge in [0.1, 0.15) is 5.78 Å². The van der Waals surface area contributed by atoms with Crippen molar-refractivity contribution in [1.82, 2.24) is 0 Å². The maximum Gasteiger partial charge on any atom is 0.339 e. The van der Waals surface area contributed by atoms with Gasteiger partial charge in [0.15, 0.2) is 6.61 Å². The van der Waals surface area contributed by atoms with Crippen LogP contribution in [0.15, 0.2) is 53.4 Å². The van der Waals surface area contributed by atoms with E-state index in [2.05, 4.69) is 5.32 Å². The Balaban J connectivity index is 1.95. The van der Waals surface area contributed by atoms with Gasteiger partial charge in [0.2, 0.25) is 0 Å². The van der Waals surface area contributed by atoms with Gasteiger partial charge >= 0.3 is 5.97 Å². The van der Waals surface area contributed by atoms with Crippen molar-refractivity contribution < 1.29 is 19.1 Å². The minimum Gasteiger partial charge on any atom is -0.452 e. The van der Waals surface area contributed by atoms with E-state index in [1.54, 1.807) is 42.5 Å². The summed E-state index contributed by atoms with van der Waals surface area (Å²) >= 11 is 1.24. The number of rotatable bonds is 7. The molecule has 0 fully saturated rings. The van der Waals surface area contributed by atoms with Gasteiger partial charge in [-0.15, -0.1) is 11.8 Å². The fraction of sp³-hybridized carbons (Fsp3) is 0.158. The Morgan fingerprint density at radius 2 is 1.92 bits per heavy atom. The Morgan fingerprint density at radius 1 is 1.15 bits per heavy atom. The molecule has 6 nitrogen and oxygen atoms in total. The van der Waals surface area contributed by atoms with E-state index in [4.69, 9.17) is 10.00 Å². The molecule has 0 atom stereocenters. The van der Waals surface area contributed by atoms with E-state index in [-0.39, 0.29) is 11.5 Å². The number of carbonyl (C=O) groups is 3. The Labute approximate surface area is 155 Å². The molecule has 0 aliphatic carbocycles. The lowest BCUT2D eigenvalue weighted by atomic mass is 10.2. The minimum absolute atomic E-state index is 0.00264. The summed E-state index contributed by atoms with van der Waals surface area (Å²) in [6, 6.07) is 15.1. The number of hydrogen-bond acceptors (Lipinski definition) is 6. The van der Waals surface area contributed by atoms with E-state index < -0.39 is 18.5 Å². The maximum atomic E-state index is 12.2. The molecule has 2 rings (SSSR count). The smallest absolute Gasteiger partial charge is 0.339 e. The highest BCUT2D eigenvalue weighted by Crippen LogP contribution is 2.23. The number of amides is 1. The fourth-order valence-electron chi connectivity index (χ4n) is 2.01. The molecule has 0 saturated carbocycles. The zero-order valence-corrected chi connectivity index (χ0v) is 14.8. The van der Waals surface area contributed by atoms with E-state index in [1.165, 1.54) is 24.8 Å². The Kier molecular flexibility index (Phi) is 6.94. The van der Waals surface area contributed by atoms with E-state index in [9.17, 15) is 14.4 Å². The molecule has 26 heavy (non-hydrogen) atoms. The molecule has 0 aliphatic heterocycles. The predicted molar refractivity (Wildman–Crippen MR) is 97.9 cm³/mol. The highest BCUT2D eigenvalue weighted by atomic mass is 32.2. The van der Waals surface area contributed by atoms with Crippen LogP contribution < -0.4 is 5.32 Å². The average molecular weight is 368 g/mol. The fourth-order valence-corrected chi connectivity index (χ4v) is 2.85. The molecule has 1 amide bonds. The van der Waals surface area contributed by atoms with Crippen molar-refractivity contribution in [1.29, 1.82) is 5.26 Å². The second kappa shape index (κ2) is 9.39. The third kappa shape index (κ3) is 5.76. The summed E-state index contributed by atoms with van der Waals surface area (Å²) in [7, 11) is 0. The number of carbonyl (C=O) groups excluding carboxylic acids is 3. The van der Waals surface area contributed by atoms with E-state index in [1.807, 2.05) is 6.07 Å². The van der Waals surface area contributed by atoms with E-state index in [0.717, 1.165) is 0 Å². The molecule has 2 aromatic rings. The first-order chi connectivity index (χ1) is 12.5. The number of ether oxygens (including phenoxy) is 1. The molecule has 0 radical (unpaired) electrons. The maximum absolute atomic E-state index is 12.2. The third-order valence-electron chi connectivity index (χ3n) is 3.15. The first-order valence-corrected chi connectivity index (χ1v) is 8.66. The van der Waals surface area contributed by atoms with Crippen molar-refractivity contribution in [2.24, 2.45) is 0 Å². The molecule has 0 spiro atoms. The second-order valence-corrected chi connectivity index (χ2v) is 6.32. The van der Waals surface area contributed by atoms with Crippen LogP contribution in [0, 0.1) is 11.3 Å². The number of ketones is 1. The first kappa shape index (κ1) is 19.2. The molecule has 1 N–H and O–H groups in total. The van der Waals surface area contributed by atoms with Crippen molar-refractivity contribution in [2.45, 2.75) is 11.8 Å². The summed E-state index contributed by atoms with van der Waals surface area (Å²) in [6.45, 7) is 1.01. The molecular weight excluding hydrogens is 352 g/mol. The number of esters is 1. The Morgan fingerprint density at radius 3 is 2.65 bits per heavy atom. The lowest BCUT2D eigenvalue weighted by Crippen LogP contribution is -2.21. The van der Waals surface area contributed by atoms with E-state index in [0.29, 0.717) is 21.7 Å². The van der Waals surface area contributed by atoms with Gasteiger partial charge in [-0.1, -0.05) is 18.2 Å². The summed E-state index contributed by atoms with van der Waals surface area (Å²) in [4.78, 5) is 35.9. The van der Waals surface area contributed by atoms with E-state index >= 15 is 0 Å². The topological polar surface area (TPSA) is 96.3 Å². The van der Waals surface area contributed by atoms with Gasteiger partial charge in [0.25, 0.3) is 5.91 Å². The van der Waals surface area contributed by atoms with Crippen LogP contribution in [0.5, 0.6) is 0 Å². The Hall–Kier alpha value is -3.11. The lowest BCUT2D eigenvalue weighted by Gasteiger charge is -2.09. The van der Waals surface area contributed by atoms with Crippen molar-refractivity contribution in [3.05, 3.63) is 59.7 Å². The largest absolute Gasteiger partial charge is 0.452 e. The monoisotopic (exact) mass is 368 g/mol. The second-order valence-electron chi connectivity index (χ2n) is 5.30. The van der Waals surface area contributed by atoms with Crippen LogP contribution in [-0.4, -0.2) is 30.0 Å². The molecule has 0 bridgehead atoms. The molecule has 0 aromatic heterocycles. The van der Waals surface area contributed by atoms with Crippen LogP contribution in [0.25, 0.3) is 0 Å². The standard InChI is InChI=1S/C19H16N2O4S/c1-13(22)12-26-17-8-3-2-7-16(17)19(24)25-11-18(23)21-15-6-4-5-14(9-15)10-20/h2-9H,11-12H2,1H3,(H,21,23). The summed E-state index contributed by atoms with van der Waals surface area (Å²) in [6.07, 6.45) is 0. The van der Waals surface area contributed by atoms with Gasteiger partial charge in [-0.05, 0) is 37.3 Å². The first-order valence-electron chi connectivity index (χ1n) is 7.68. The zero-order valence-electron chi connectivity index (χ0n) is 14.0. The molecule has 0 unspecified atom stereocenters. The summed E-state index contributed by atoms with van der Waals surface area (Å²) < 4.78 is 5.05. The third-order valence-corrected chi connectivity index (χ3v) is 4.37. The van der Waals surface area contributed by atoms with Gasteiger partial charge < -0.3 is 10.1 Å².